The van der Waals surface area contributed by atoms with Gasteiger partial charge in [0.15, 0.2) is 5.02 Å². The van der Waals surface area contributed by atoms with Gasteiger partial charge in [-0.2, -0.15) is 0 Å². The van der Waals surface area contributed by atoms with E-state index in [0.29, 0.717) is 5.69 Å². The van der Waals surface area contributed by atoms with Crippen molar-refractivity contribution in [2.45, 2.75) is 20.8 Å². The van der Waals surface area contributed by atoms with E-state index in [1.54, 1.807) is 0 Å². The molecule has 0 aliphatic carbocycles. The first-order chi connectivity index (χ1) is 11.6. The SMILES string of the molecule is Cc1cc(C)c(NC(=O)c2cc([N+](=O)[O-])c(Cl)c([N+](=O)[O-])c2)c(C)c1. The fraction of sp³-hybridized carbons (Fsp3) is 0.188. The maximum atomic E-state index is 12.5. The molecule has 0 unspecified atom stereocenters. The topological polar surface area (TPSA) is 115 Å². The van der Waals surface area contributed by atoms with E-state index in [0.717, 1.165) is 28.8 Å². The van der Waals surface area contributed by atoms with Crippen LogP contribution >= 0.6 is 11.6 Å². The Balaban J connectivity index is 2.50. The summed E-state index contributed by atoms with van der Waals surface area (Å²) in [5.41, 5.74) is 1.58. The number of benzene rings is 2. The van der Waals surface area contributed by atoms with E-state index in [2.05, 4.69) is 5.32 Å². The Kier molecular flexibility index (Phi) is 5.03. The van der Waals surface area contributed by atoms with Gasteiger partial charge in [-0.25, -0.2) is 0 Å². The number of hydrogen-bond acceptors (Lipinski definition) is 5. The second-order valence-electron chi connectivity index (χ2n) is 5.57. The fourth-order valence-electron chi connectivity index (χ4n) is 2.55. The molecular formula is C16H14ClN3O5. The summed E-state index contributed by atoms with van der Waals surface area (Å²) in [5, 5.41) is 24.1. The highest BCUT2D eigenvalue weighted by atomic mass is 35.5. The zero-order valence-electron chi connectivity index (χ0n) is 13.6. The van der Waals surface area contributed by atoms with E-state index in [9.17, 15) is 25.0 Å². The zero-order valence-corrected chi connectivity index (χ0v) is 14.4. The average Bonchev–Trinajstić information content (AvgIpc) is 2.50. The third kappa shape index (κ3) is 3.74. The number of anilines is 1. The fourth-order valence-corrected chi connectivity index (χ4v) is 2.80. The van der Waals surface area contributed by atoms with Crippen LogP contribution in [0, 0.1) is 41.0 Å². The average molecular weight is 364 g/mol. The minimum atomic E-state index is -0.867. The number of nitro groups is 2. The molecule has 0 aliphatic heterocycles. The van der Waals surface area contributed by atoms with Crippen molar-refractivity contribution in [3.05, 3.63) is 71.8 Å². The van der Waals surface area contributed by atoms with E-state index >= 15 is 0 Å². The lowest BCUT2D eigenvalue weighted by Crippen LogP contribution is -2.15. The summed E-state index contributed by atoms with van der Waals surface area (Å²) < 4.78 is 0. The van der Waals surface area contributed by atoms with Gasteiger partial charge in [-0.05, 0) is 31.9 Å². The maximum absolute atomic E-state index is 12.5. The summed E-state index contributed by atoms with van der Waals surface area (Å²) in [6, 6.07) is 5.58. The Morgan fingerprint density at radius 3 is 1.80 bits per heavy atom. The van der Waals surface area contributed by atoms with E-state index < -0.39 is 32.2 Å². The van der Waals surface area contributed by atoms with Crippen LogP contribution in [0.2, 0.25) is 5.02 Å². The molecule has 0 spiro atoms. The largest absolute Gasteiger partial charge is 0.321 e. The van der Waals surface area contributed by atoms with Crippen molar-refractivity contribution >= 4 is 34.6 Å². The number of rotatable bonds is 4. The molecule has 0 atom stereocenters. The Hall–Kier alpha value is -3.00. The number of hydrogen-bond donors (Lipinski definition) is 1. The van der Waals surface area contributed by atoms with Gasteiger partial charge >= 0.3 is 0 Å². The molecule has 0 fully saturated rings. The number of aryl methyl sites for hydroxylation is 3. The number of carbonyl (C=O) groups is 1. The Labute approximate surface area is 147 Å². The van der Waals surface area contributed by atoms with Crippen molar-refractivity contribution in [1.29, 1.82) is 0 Å². The van der Waals surface area contributed by atoms with Crippen molar-refractivity contribution < 1.29 is 14.6 Å². The minimum Gasteiger partial charge on any atom is -0.321 e. The van der Waals surface area contributed by atoms with E-state index in [1.165, 1.54) is 0 Å². The molecule has 0 aliphatic rings. The van der Waals surface area contributed by atoms with Gasteiger partial charge in [0.2, 0.25) is 0 Å². The van der Waals surface area contributed by atoms with E-state index in [-0.39, 0.29) is 5.56 Å². The number of carbonyl (C=O) groups excluding carboxylic acids is 1. The van der Waals surface area contributed by atoms with Crippen LogP contribution in [0.3, 0.4) is 0 Å². The molecule has 0 radical (unpaired) electrons. The number of amides is 1. The molecule has 0 aromatic heterocycles. The Morgan fingerprint density at radius 2 is 1.40 bits per heavy atom. The van der Waals surface area contributed by atoms with Gasteiger partial charge < -0.3 is 5.32 Å². The van der Waals surface area contributed by atoms with Gasteiger partial charge in [0.1, 0.15) is 0 Å². The second-order valence-corrected chi connectivity index (χ2v) is 5.95. The van der Waals surface area contributed by atoms with Crippen LogP contribution in [0.4, 0.5) is 17.1 Å². The molecule has 2 rings (SSSR count). The van der Waals surface area contributed by atoms with Gasteiger partial charge in [0.25, 0.3) is 17.3 Å². The highest BCUT2D eigenvalue weighted by molar-refractivity contribution is 6.35. The lowest BCUT2D eigenvalue weighted by Gasteiger charge is -2.13. The van der Waals surface area contributed by atoms with Crippen molar-refractivity contribution in [1.82, 2.24) is 0 Å². The summed E-state index contributed by atoms with van der Waals surface area (Å²) in [5.74, 6) is -0.696. The highest BCUT2D eigenvalue weighted by Crippen LogP contribution is 2.35. The van der Waals surface area contributed by atoms with Crippen LogP contribution in [-0.4, -0.2) is 15.8 Å². The normalized spacial score (nSPS) is 10.4. The minimum absolute atomic E-state index is 0.220. The molecular weight excluding hydrogens is 350 g/mol. The lowest BCUT2D eigenvalue weighted by molar-refractivity contribution is -0.393. The van der Waals surface area contributed by atoms with Crippen LogP contribution in [0.1, 0.15) is 27.0 Å². The zero-order chi connectivity index (χ0) is 18.9. The highest BCUT2D eigenvalue weighted by Gasteiger charge is 2.27. The summed E-state index contributed by atoms with van der Waals surface area (Å²) in [7, 11) is 0. The van der Waals surface area contributed by atoms with E-state index in [1.807, 2.05) is 32.9 Å². The molecule has 1 amide bonds. The first-order valence-corrected chi connectivity index (χ1v) is 7.51. The first-order valence-electron chi connectivity index (χ1n) is 7.13. The van der Waals surface area contributed by atoms with Gasteiger partial charge in [-0.1, -0.05) is 29.3 Å². The van der Waals surface area contributed by atoms with Crippen molar-refractivity contribution in [3.8, 4) is 0 Å². The van der Waals surface area contributed by atoms with Gasteiger partial charge in [0.05, 0.1) is 15.4 Å². The van der Waals surface area contributed by atoms with Crippen LogP contribution < -0.4 is 5.32 Å². The van der Waals surface area contributed by atoms with Crippen molar-refractivity contribution in [3.63, 3.8) is 0 Å². The molecule has 1 N–H and O–H groups in total. The van der Waals surface area contributed by atoms with Gasteiger partial charge in [-0.3, -0.25) is 25.0 Å². The molecule has 0 bridgehead atoms. The number of nitrogens with zero attached hydrogens (tertiary/aromatic N) is 2. The van der Waals surface area contributed by atoms with Crippen LogP contribution in [-0.2, 0) is 0 Å². The Morgan fingerprint density at radius 1 is 0.960 bits per heavy atom. The predicted octanol–water partition coefficient (Wildman–Crippen LogP) is 4.33. The monoisotopic (exact) mass is 363 g/mol. The molecule has 25 heavy (non-hydrogen) atoms. The number of nitrogens with one attached hydrogen (secondary N) is 1. The lowest BCUT2D eigenvalue weighted by atomic mass is 10.0. The Bertz CT molecular complexity index is 853. The van der Waals surface area contributed by atoms with Crippen LogP contribution in [0.25, 0.3) is 0 Å². The molecule has 0 heterocycles. The predicted molar refractivity (Wildman–Crippen MR) is 93.4 cm³/mol. The van der Waals surface area contributed by atoms with Crippen LogP contribution in [0.15, 0.2) is 24.3 Å². The van der Waals surface area contributed by atoms with Crippen molar-refractivity contribution in [2.75, 3.05) is 5.32 Å². The third-order valence-corrected chi connectivity index (χ3v) is 3.99. The molecule has 130 valence electrons. The van der Waals surface area contributed by atoms with E-state index in [4.69, 9.17) is 11.6 Å². The van der Waals surface area contributed by atoms with Gasteiger partial charge in [-0.15, -0.1) is 0 Å². The molecule has 9 heteroatoms. The number of halogens is 1. The molecule has 8 nitrogen and oxygen atoms in total. The third-order valence-electron chi connectivity index (χ3n) is 3.61. The first kappa shape index (κ1) is 18.3. The summed E-state index contributed by atoms with van der Waals surface area (Å²) in [6.07, 6.45) is 0. The quantitative estimate of drug-likeness (QED) is 0.640. The second kappa shape index (κ2) is 6.86. The van der Waals surface area contributed by atoms with Crippen LogP contribution in [0.5, 0.6) is 0 Å². The van der Waals surface area contributed by atoms with Gasteiger partial charge in [0, 0.05) is 17.8 Å². The standard InChI is InChI=1S/C16H14ClN3O5/c1-8-4-9(2)15(10(3)5-8)18-16(21)11-6-12(19(22)23)14(17)13(7-11)20(24)25/h4-7H,1-3H3,(H,18,21). The summed E-state index contributed by atoms with van der Waals surface area (Å²) in [4.78, 5) is 32.8. The summed E-state index contributed by atoms with van der Waals surface area (Å²) >= 11 is 5.69. The summed E-state index contributed by atoms with van der Waals surface area (Å²) in [6.45, 7) is 5.53. The van der Waals surface area contributed by atoms with Crippen molar-refractivity contribution in [2.24, 2.45) is 0 Å². The smallest absolute Gasteiger partial charge is 0.295 e. The number of nitro benzene ring substituents is 2. The molecule has 2 aromatic rings. The molecule has 2 aromatic carbocycles. The molecule has 0 saturated heterocycles. The molecule has 0 saturated carbocycles. The maximum Gasteiger partial charge on any atom is 0.295 e.